The van der Waals surface area contributed by atoms with Crippen molar-refractivity contribution in [2.45, 2.75) is 10.9 Å². The van der Waals surface area contributed by atoms with Crippen LogP contribution in [0.25, 0.3) is 5.69 Å². The van der Waals surface area contributed by atoms with Crippen molar-refractivity contribution in [3.05, 3.63) is 83.1 Å². The maximum Gasteiger partial charge on any atom is 0.258 e. The van der Waals surface area contributed by atoms with E-state index in [1.165, 1.54) is 11.8 Å². The molecule has 140 valence electrons. The Hall–Kier alpha value is -3.10. The maximum atomic E-state index is 12.4. The Bertz CT molecular complexity index is 1060. The Labute approximate surface area is 170 Å². The number of halogens is 1. The van der Waals surface area contributed by atoms with Gasteiger partial charge in [0.05, 0.1) is 5.69 Å². The van der Waals surface area contributed by atoms with Crippen LogP contribution in [0.15, 0.2) is 72.1 Å². The second-order valence-electron chi connectivity index (χ2n) is 5.83. The second-order valence-corrected chi connectivity index (χ2v) is 7.21. The van der Waals surface area contributed by atoms with Crippen molar-refractivity contribution >= 4 is 35.2 Å². The average Bonchev–Trinajstić information content (AvgIpc) is 3.40. The van der Waals surface area contributed by atoms with E-state index in [2.05, 4.69) is 25.6 Å². The van der Waals surface area contributed by atoms with Crippen molar-refractivity contribution in [3.63, 3.8) is 0 Å². The summed E-state index contributed by atoms with van der Waals surface area (Å²) in [6.07, 6.45) is 3.54. The van der Waals surface area contributed by atoms with Crippen LogP contribution < -0.4 is 5.32 Å². The molecule has 0 saturated carbocycles. The highest BCUT2D eigenvalue weighted by Gasteiger charge is 2.10. The number of H-pyrrole nitrogens is 1. The summed E-state index contributed by atoms with van der Waals surface area (Å²) in [7, 11) is 0. The molecule has 2 N–H and O–H groups in total. The Morgan fingerprint density at radius 3 is 2.64 bits per heavy atom. The van der Waals surface area contributed by atoms with Crippen LogP contribution in [0, 0.1) is 0 Å². The topological polar surface area (TPSA) is 88.5 Å². The summed E-state index contributed by atoms with van der Waals surface area (Å²) in [5, 5.41) is 15.0. The molecule has 0 unspecified atom stereocenters. The SMILES string of the molecule is O=C(Nc1nc(SCc2ccc(Cl)cc2)n[nH]1)c1ccc(-n2cccn2)cc1. The predicted octanol–water partition coefficient (Wildman–Crippen LogP) is 4.19. The zero-order valence-corrected chi connectivity index (χ0v) is 16.1. The number of aromatic amines is 1. The van der Waals surface area contributed by atoms with Crippen molar-refractivity contribution in [1.29, 1.82) is 0 Å². The lowest BCUT2D eigenvalue weighted by Gasteiger charge is -2.04. The lowest BCUT2D eigenvalue weighted by atomic mass is 10.2. The predicted molar refractivity (Wildman–Crippen MR) is 109 cm³/mol. The molecule has 0 spiro atoms. The normalized spacial score (nSPS) is 10.8. The zero-order valence-electron chi connectivity index (χ0n) is 14.5. The molecule has 0 aliphatic heterocycles. The van der Waals surface area contributed by atoms with Gasteiger partial charge in [-0.15, -0.1) is 5.10 Å². The minimum Gasteiger partial charge on any atom is -0.291 e. The third-order valence-electron chi connectivity index (χ3n) is 3.88. The number of carbonyl (C=O) groups is 1. The molecule has 4 aromatic rings. The number of nitrogens with zero attached hydrogens (tertiary/aromatic N) is 4. The zero-order chi connectivity index (χ0) is 19.3. The van der Waals surface area contributed by atoms with E-state index in [0.717, 1.165) is 11.3 Å². The van der Waals surface area contributed by atoms with E-state index in [1.807, 2.05) is 48.7 Å². The quantitative estimate of drug-likeness (QED) is 0.465. The van der Waals surface area contributed by atoms with Crippen LogP contribution in [-0.2, 0) is 5.75 Å². The number of hydrogen-bond acceptors (Lipinski definition) is 5. The van der Waals surface area contributed by atoms with Gasteiger partial charge in [0.2, 0.25) is 11.1 Å². The number of hydrogen-bond donors (Lipinski definition) is 2. The van der Waals surface area contributed by atoms with Gasteiger partial charge in [0.1, 0.15) is 0 Å². The van der Waals surface area contributed by atoms with Gasteiger partial charge < -0.3 is 0 Å². The molecule has 28 heavy (non-hydrogen) atoms. The van der Waals surface area contributed by atoms with Gasteiger partial charge in [-0.25, -0.2) is 9.78 Å². The van der Waals surface area contributed by atoms with E-state index < -0.39 is 0 Å². The largest absolute Gasteiger partial charge is 0.291 e. The van der Waals surface area contributed by atoms with Crippen LogP contribution in [0.2, 0.25) is 5.02 Å². The van der Waals surface area contributed by atoms with E-state index in [-0.39, 0.29) is 5.91 Å². The molecule has 9 heteroatoms. The molecule has 1 amide bonds. The van der Waals surface area contributed by atoms with Crippen LogP contribution in [-0.4, -0.2) is 30.9 Å². The van der Waals surface area contributed by atoms with Gasteiger partial charge >= 0.3 is 0 Å². The first-order valence-corrected chi connectivity index (χ1v) is 9.75. The fraction of sp³-hybridized carbons (Fsp3) is 0.0526. The fourth-order valence-corrected chi connectivity index (χ4v) is 3.34. The monoisotopic (exact) mass is 410 g/mol. The summed E-state index contributed by atoms with van der Waals surface area (Å²) in [4.78, 5) is 16.7. The van der Waals surface area contributed by atoms with Gasteiger partial charge in [-0.2, -0.15) is 10.1 Å². The lowest BCUT2D eigenvalue weighted by molar-refractivity contribution is 0.102. The van der Waals surface area contributed by atoms with Crippen LogP contribution in [0.1, 0.15) is 15.9 Å². The van der Waals surface area contributed by atoms with Crippen molar-refractivity contribution < 1.29 is 4.79 Å². The van der Waals surface area contributed by atoms with Gasteiger partial charge in [-0.3, -0.25) is 10.1 Å². The summed E-state index contributed by atoms with van der Waals surface area (Å²) in [6, 6.07) is 16.6. The van der Waals surface area contributed by atoms with Crippen molar-refractivity contribution in [2.24, 2.45) is 0 Å². The molecular formula is C19H15ClN6OS. The minimum absolute atomic E-state index is 0.266. The van der Waals surface area contributed by atoms with E-state index in [0.29, 0.717) is 27.4 Å². The average molecular weight is 411 g/mol. The summed E-state index contributed by atoms with van der Waals surface area (Å²) in [5.41, 5.74) is 2.51. The molecule has 0 bridgehead atoms. The number of nitrogens with one attached hydrogen (secondary N) is 2. The van der Waals surface area contributed by atoms with Crippen molar-refractivity contribution in [3.8, 4) is 5.69 Å². The van der Waals surface area contributed by atoms with E-state index in [1.54, 1.807) is 23.0 Å². The first-order valence-electron chi connectivity index (χ1n) is 8.38. The highest BCUT2D eigenvalue weighted by atomic mass is 35.5. The molecule has 2 aromatic carbocycles. The van der Waals surface area contributed by atoms with Crippen LogP contribution in [0.3, 0.4) is 0 Å². The third-order valence-corrected chi connectivity index (χ3v) is 5.05. The first kappa shape index (κ1) is 18.3. The number of aromatic nitrogens is 5. The number of benzene rings is 2. The van der Waals surface area contributed by atoms with Crippen LogP contribution >= 0.6 is 23.4 Å². The van der Waals surface area contributed by atoms with Gasteiger partial charge in [0.25, 0.3) is 5.91 Å². The molecule has 0 radical (unpaired) electrons. The van der Waals surface area contributed by atoms with Crippen molar-refractivity contribution in [2.75, 3.05) is 5.32 Å². The van der Waals surface area contributed by atoms with E-state index in [9.17, 15) is 4.79 Å². The molecule has 4 rings (SSSR count). The minimum atomic E-state index is -0.266. The molecule has 0 saturated heterocycles. The molecular weight excluding hydrogens is 396 g/mol. The molecule has 7 nitrogen and oxygen atoms in total. The summed E-state index contributed by atoms with van der Waals surface area (Å²) in [5.74, 6) is 0.745. The molecule has 0 fully saturated rings. The molecule has 0 aliphatic carbocycles. The molecule has 0 atom stereocenters. The highest BCUT2D eigenvalue weighted by molar-refractivity contribution is 7.98. The Morgan fingerprint density at radius 2 is 1.93 bits per heavy atom. The van der Waals surface area contributed by atoms with Gasteiger partial charge in [-0.05, 0) is 48.0 Å². The number of carbonyl (C=O) groups excluding carboxylic acids is 1. The second kappa shape index (κ2) is 8.28. The molecule has 0 aliphatic rings. The van der Waals surface area contributed by atoms with Crippen molar-refractivity contribution in [1.82, 2.24) is 25.0 Å². The van der Waals surface area contributed by atoms with Gasteiger partial charge in [-0.1, -0.05) is 35.5 Å². The van der Waals surface area contributed by atoms with Crippen LogP contribution in [0.4, 0.5) is 5.95 Å². The van der Waals surface area contributed by atoms with Gasteiger partial charge in [0, 0.05) is 28.7 Å². The number of rotatable bonds is 6. The standard InChI is InChI=1S/C19H15ClN6OS/c20-15-6-2-13(3-7-15)12-28-19-23-18(24-25-19)22-17(27)14-4-8-16(9-5-14)26-11-1-10-21-26/h1-11H,12H2,(H2,22,23,24,25,27). The highest BCUT2D eigenvalue weighted by Crippen LogP contribution is 2.21. The van der Waals surface area contributed by atoms with E-state index >= 15 is 0 Å². The Balaban J connectivity index is 1.35. The summed E-state index contributed by atoms with van der Waals surface area (Å²) < 4.78 is 1.72. The fourth-order valence-electron chi connectivity index (χ4n) is 2.46. The van der Waals surface area contributed by atoms with Gasteiger partial charge in [0.15, 0.2) is 0 Å². The number of anilines is 1. The lowest BCUT2D eigenvalue weighted by Crippen LogP contribution is -2.13. The Morgan fingerprint density at radius 1 is 1.14 bits per heavy atom. The number of thioether (sulfide) groups is 1. The van der Waals surface area contributed by atoms with Crippen LogP contribution in [0.5, 0.6) is 0 Å². The van der Waals surface area contributed by atoms with E-state index in [4.69, 9.17) is 11.6 Å². The summed E-state index contributed by atoms with van der Waals surface area (Å²) in [6.45, 7) is 0. The Kier molecular flexibility index (Phi) is 5.41. The third kappa shape index (κ3) is 4.41. The first-order chi connectivity index (χ1) is 13.7. The molecule has 2 aromatic heterocycles. The smallest absolute Gasteiger partial charge is 0.258 e. The number of amides is 1. The molecule has 2 heterocycles. The maximum absolute atomic E-state index is 12.4. The summed E-state index contributed by atoms with van der Waals surface area (Å²) >= 11 is 7.35.